The summed E-state index contributed by atoms with van der Waals surface area (Å²) in [7, 11) is 0. The molecular weight excluding hydrogens is 232 g/mol. The van der Waals surface area contributed by atoms with Crippen LogP contribution in [0.5, 0.6) is 0 Å². The summed E-state index contributed by atoms with van der Waals surface area (Å²) in [4.78, 5) is 24.6. The minimum atomic E-state index is -1.13. The molecule has 1 unspecified atom stereocenters. The third-order valence-corrected chi connectivity index (χ3v) is 4.35. The van der Waals surface area contributed by atoms with Gasteiger partial charge in [0.2, 0.25) is 0 Å². The van der Waals surface area contributed by atoms with Gasteiger partial charge in [-0.1, -0.05) is 19.3 Å². The second-order valence-electron chi connectivity index (χ2n) is 5.93. The van der Waals surface area contributed by atoms with Crippen LogP contribution >= 0.6 is 0 Å². The van der Waals surface area contributed by atoms with Gasteiger partial charge < -0.3 is 15.3 Å². The molecule has 0 aromatic rings. The molecule has 2 N–H and O–H groups in total. The maximum absolute atomic E-state index is 11.9. The first kappa shape index (κ1) is 13.2. The van der Waals surface area contributed by atoms with E-state index in [1.165, 1.54) is 24.2 Å². The van der Waals surface area contributed by atoms with Crippen molar-refractivity contribution in [2.45, 2.75) is 57.5 Å². The number of amides is 2. The van der Waals surface area contributed by atoms with Crippen LogP contribution in [0.4, 0.5) is 4.79 Å². The second-order valence-corrected chi connectivity index (χ2v) is 5.93. The van der Waals surface area contributed by atoms with Crippen molar-refractivity contribution in [3.8, 4) is 0 Å². The van der Waals surface area contributed by atoms with E-state index in [0.29, 0.717) is 12.5 Å². The summed E-state index contributed by atoms with van der Waals surface area (Å²) in [6, 6.07) is -0.116. The number of hydrogen-bond donors (Lipinski definition) is 2. The van der Waals surface area contributed by atoms with E-state index in [4.69, 9.17) is 0 Å². The fraction of sp³-hybridized carbons (Fsp3) is 0.846. The molecule has 1 saturated heterocycles. The molecule has 1 atom stereocenters. The van der Waals surface area contributed by atoms with Crippen LogP contribution < -0.4 is 5.32 Å². The van der Waals surface area contributed by atoms with Gasteiger partial charge in [-0.3, -0.25) is 0 Å². The van der Waals surface area contributed by atoms with Crippen LogP contribution in [0.1, 0.15) is 46.0 Å². The molecule has 2 fully saturated rings. The van der Waals surface area contributed by atoms with Gasteiger partial charge in [0.05, 0.1) is 6.04 Å². The van der Waals surface area contributed by atoms with Gasteiger partial charge in [-0.05, 0) is 32.6 Å². The van der Waals surface area contributed by atoms with Gasteiger partial charge in [-0.25, -0.2) is 9.59 Å². The Balaban J connectivity index is 2.04. The standard InChI is InChI=1S/C13H22N2O3/c1-13(2,11(16)17)15-8-10(14-12(15)18)9-6-4-3-5-7-9/h9-10H,3-8H2,1-2H3,(H,14,18)(H,16,17). The SMILES string of the molecule is CC(C)(C(=O)O)N1CC(C2CCCCC2)NC1=O. The number of carbonyl (C=O) groups is 2. The molecule has 0 spiro atoms. The Labute approximate surface area is 108 Å². The van der Waals surface area contributed by atoms with Crippen molar-refractivity contribution in [2.75, 3.05) is 6.54 Å². The van der Waals surface area contributed by atoms with Gasteiger partial charge in [0, 0.05) is 6.54 Å². The maximum Gasteiger partial charge on any atom is 0.329 e. The van der Waals surface area contributed by atoms with Crippen molar-refractivity contribution < 1.29 is 14.7 Å². The largest absolute Gasteiger partial charge is 0.480 e. The summed E-state index contributed by atoms with van der Waals surface area (Å²) >= 11 is 0. The van der Waals surface area contributed by atoms with Gasteiger partial charge >= 0.3 is 12.0 Å². The number of aliphatic carboxylic acids is 1. The molecule has 2 rings (SSSR count). The summed E-state index contributed by atoms with van der Waals surface area (Å²) < 4.78 is 0. The Kier molecular flexibility index (Phi) is 3.50. The van der Waals surface area contributed by atoms with Crippen molar-refractivity contribution >= 4 is 12.0 Å². The number of nitrogens with one attached hydrogen (secondary N) is 1. The van der Waals surface area contributed by atoms with Crippen LogP contribution in [0, 0.1) is 5.92 Å². The predicted molar refractivity (Wildman–Crippen MR) is 67.3 cm³/mol. The van der Waals surface area contributed by atoms with E-state index in [2.05, 4.69) is 5.32 Å². The summed E-state index contributed by atoms with van der Waals surface area (Å²) in [5, 5.41) is 12.2. The number of rotatable bonds is 3. The lowest BCUT2D eigenvalue weighted by molar-refractivity contribution is -0.147. The normalized spacial score (nSPS) is 26.2. The Bertz CT molecular complexity index is 348. The van der Waals surface area contributed by atoms with Crippen LogP contribution in [0.25, 0.3) is 0 Å². The number of nitrogens with zero attached hydrogens (tertiary/aromatic N) is 1. The molecule has 0 aromatic heterocycles. The van der Waals surface area contributed by atoms with Gasteiger partial charge in [0.15, 0.2) is 0 Å². The lowest BCUT2D eigenvalue weighted by Gasteiger charge is -2.31. The van der Waals surface area contributed by atoms with Crippen LogP contribution in [0.3, 0.4) is 0 Å². The van der Waals surface area contributed by atoms with Gasteiger partial charge in [0.1, 0.15) is 5.54 Å². The van der Waals surface area contributed by atoms with E-state index < -0.39 is 11.5 Å². The molecule has 1 heterocycles. The van der Waals surface area contributed by atoms with Gasteiger partial charge in [-0.2, -0.15) is 0 Å². The Morgan fingerprint density at radius 3 is 2.50 bits per heavy atom. The van der Waals surface area contributed by atoms with E-state index in [1.54, 1.807) is 13.8 Å². The zero-order valence-electron chi connectivity index (χ0n) is 11.1. The fourth-order valence-corrected chi connectivity index (χ4v) is 2.96. The third-order valence-electron chi connectivity index (χ3n) is 4.35. The third kappa shape index (κ3) is 2.31. The van der Waals surface area contributed by atoms with Crippen molar-refractivity contribution in [2.24, 2.45) is 5.92 Å². The van der Waals surface area contributed by atoms with Crippen molar-refractivity contribution in [1.29, 1.82) is 0 Å². The van der Waals surface area contributed by atoms with Crippen molar-refractivity contribution in [1.82, 2.24) is 10.2 Å². The number of carbonyl (C=O) groups excluding carboxylic acids is 1. The van der Waals surface area contributed by atoms with Crippen molar-refractivity contribution in [3.63, 3.8) is 0 Å². The van der Waals surface area contributed by atoms with E-state index in [9.17, 15) is 14.7 Å². The predicted octanol–water partition coefficient (Wildman–Crippen LogP) is 1.82. The van der Waals surface area contributed by atoms with Gasteiger partial charge in [0.25, 0.3) is 0 Å². The van der Waals surface area contributed by atoms with Crippen LogP contribution in [-0.2, 0) is 4.79 Å². The van der Waals surface area contributed by atoms with Crippen molar-refractivity contribution in [3.05, 3.63) is 0 Å². The zero-order valence-corrected chi connectivity index (χ0v) is 11.1. The molecule has 0 radical (unpaired) electrons. The molecule has 0 bridgehead atoms. The van der Waals surface area contributed by atoms with E-state index in [1.807, 2.05) is 0 Å². The summed E-state index contributed by atoms with van der Waals surface area (Å²) in [5.74, 6) is -0.445. The lowest BCUT2D eigenvalue weighted by Crippen LogP contribution is -2.51. The fourth-order valence-electron chi connectivity index (χ4n) is 2.96. The molecule has 2 aliphatic rings. The topological polar surface area (TPSA) is 69.6 Å². The first-order chi connectivity index (χ1) is 8.43. The van der Waals surface area contributed by atoms with Crippen LogP contribution in [-0.4, -0.2) is 40.1 Å². The quantitative estimate of drug-likeness (QED) is 0.807. The highest BCUT2D eigenvalue weighted by atomic mass is 16.4. The number of urea groups is 1. The summed E-state index contributed by atoms with van der Waals surface area (Å²) in [6.07, 6.45) is 6.01. The number of carboxylic acid groups (broad SMARTS) is 1. The molecule has 5 heteroatoms. The minimum absolute atomic E-state index is 0.122. The molecule has 1 saturated carbocycles. The van der Waals surface area contributed by atoms with Crippen LogP contribution in [0.15, 0.2) is 0 Å². The molecule has 5 nitrogen and oxygen atoms in total. The van der Waals surface area contributed by atoms with E-state index >= 15 is 0 Å². The number of carboxylic acids is 1. The second kappa shape index (κ2) is 4.78. The molecular formula is C13H22N2O3. The molecule has 1 aliphatic heterocycles. The monoisotopic (exact) mass is 254 g/mol. The summed E-state index contributed by atoms with van der Waals surface area (Å²) in [6.45, 7) is 3.68. The van der Waals surface area contributed by atoms with Gasteiger partial charge in [-0.15, -0.1) is 0 Å². The highest BCUT2D eigenvalue weighted by Crippen LogP contribution is 2.30. The van der Waals surface area contributed by atoms with E-state index in [0.717, 1.165) is 12.8 Å². The highest BCUT2D eigenvalue weighted by Gasteiger charge is 2.45. The average Bonchev–Trinajstić information content (AvgIpc) is 2.73. The summed E-state index contributed by atoms with van der Waals surface area (Å²) in [5.41, 5.74) is -1.13. The first-order valence-electron chi connectivity index (χ1n) is 6.74. The maximum atomic E-state index is 11.9. The molecule has 2 amide bonds. The minimum Gasteiger partial charge on any atom is -0.480 e. The molecule has 1 aliphatic carbocycles. The van der Waals surface area contributed by atoms with E-state index in [-0.39, 0.29) is 12.1 Å². The first-order valence-corrected chi connectivity index (χ1v) is 6.74. The molecule has 18 heavy (non-hydrogen) atoms. The smallest absolute Gasteiger partial charge is 0.329 e. The Morgan fingerprint density at radius 1 is 1.33 bits per heavy atom. The van der Waals surface area contributed by atoms with Crippen LogP contribution in [0.2, 0.25) is 0 Å². The average molecular weight is 254 g/mol. The molecule has 0 aromatic carbocycles. The Hall–Kier alpha value is -1.26. The Morgan fingerprint density at radius 2 is 1.94 bits per heavy atom. The number of hydrogen-bond acceptors (Lipinski definition) is 2. The highest BCUT2D eigenvalue weighted by molar-refractivity contribution is 5.87. The molecule has 102 valence electrons. The zero-order chi connectivity index (χ0) is 13.3. The lowest BCUT2D eigenvalue weighted by atomic mass is 9.84.